The van der Waals surface area contributed by atoms with Crippen LogP contribution in [-0.4, -0.2) is 74.7 Å². The lowest BCUT2D eigenvalue weighted by atomic mass is 10.2. The van der Waals surface area contributed by atoms with Crippen molar-refractivity contribution in [3.05, 3.63) is 48.0 Å². The van der Waals surface area contributed by atoms with Crippen molar-refractivity contribution in [3.8, 4) is 28.8 Å². The predicted octanol–water partition coefficient (Wildman–Crippen LogP) is 1.91. The van der Waals surface area contributed by atoms with Crippen molar-refractivity contribution < 1.29 is 33.7 Å². The number of ether oxygens (including phenoxy) is 2. The van der Waals surface area contributed by atoms with Gasteiger partial charge in [0.15, 0.2) is 11.6 Å². The van der Waals surface area contributed by atoms with E-state index in [0.29, 0.717) is 34.5 Å². The van der Waals surface area contributed by atoms with Gasteiger partial charge in [-0.1, -0.05) is 6.07 Å². The quantitative estimate of drug-likeness (QED) is 0.498. The first kappa shape index (κ1) is 23.1. The highest BCUT2D eigenvalue weighted by molar-refractivity contribution is 5.94. The summed E-state index contributed by atoms with van der Waals surface area (Å²) in [5, 5.41) is 27.7. The van der Waals surface area contributed by atoms with Gasteiger partial charge in [-0.3, -0.25) is 9.36 Å². The average Bonchev–Trinajstić information content (AvgIpc) is 3.54. The van der Waals surface area contributed by atoms with E-state index in [1.54, 1.807) is 41.8 Å². The Balaban J connectivity index is 1.80. The van der Waals surface area contributed by atoms with Gasteiger partial charge in [0.25, 0.3) is 0 Å². The van der Waals surface area contributed by atoms with Crippen molar-refractivity contribution >= 4 is 18.0 Å². The number of aryl methyl sites for hydroxylation is 1. The van der Waals surface area contributed by atoms with Crippen molar-refractivity contribution in [2.45, 2.75) is 25.5 Å². The van der Waals surface area contributed by atoms with E-state index in [9.17, 15) is 19.8 Å². The third-order valence-electron chi connectivity index (χ3n) is 5.50. The topological polar surface area (TPSA) is 140 Å². The van der Waals surface area contributed by atoms with Crippen molar-refractivity contribution in [1.82, 2.24) is 19.7 Å². The van der Waals surface area contributed by atoms with E-state index >= 15 is 0 Å². The summed E-state index contributed by atoms with van der Waals surface area (Å²) in [5.74, 6) is 0.927. The molecule has 0 unspecified atom stereocenters. The van der Waals surface area contributed by atoms with E-state index in [1.165, 1.54) is 26.4 Å². The van der Waals surface area contributed by atoms with Crippen LogP contribution in [0.3, 0.4) is 0 Å². The Morgan fingerprint density at radius 2 is 1.85 bits per heavy atom. The van der Waals surface area contributed by atoms with Crippen LogP contribution in [0.2, 0.25) is 0 Å². The van der Waals surface area contributed by atoms with Gasteiger partial charge in [0, 0.05) is 19.0 Å². The lowest BCUT2D eigenvalue weighted by molar-refractivity contribution is -0.146. The minimum Gasteiger partial charge on any atom is -0.494 e. The minimum absolute atomic E-state index is 0.0223. The van der Waals surface area contributed by atoms with E-state index in [1.807, 2.05) is 0 Å². The van der Waals surface area contributed by atoms with Gasteiger partial charge >= 0.3 is 5.97 Å². The summed E-state index contributed by atoms with van der Waals surface area (Å²) in [5.41, 5.74) is 0.494. The average molecular weight is 468 g/mol. The molecule has 1 amide bonds. The fourth-order valence-electron chi connectivity index (χ4n) is 3.92. The zero-order chi connectivity index (χ0) is 24.4. The van der Waals surface area contributed by atoms with Gasteiger partial charge in [0.1, 0.15) is 29.0 Å². The normalized spacial score (nSPS) is 17.9. The van der Waals surface area contributed by atoms with Gasteiger partial charge in [-0.15, -0.1) is 10.2 Å². The lowest BCUT2D eigenvalue weighted by Gasteiger charge is -2.19. The van der Waals surface area contributed by atoms with Crippen molar-refractivity contribution in [2.24, 2.45) is 0 Å². The number of aliphatic hydroxyl groups is 1. The number of benzene rings is 1. The van der Waals surface area contributed by atoms with Crippen LogP contribution in [0.25, 0.3) is 23.3 Å². The molecule has 2 atom stereocenters. The number of aliphatic carboxylic acids is 1. The van der Waals surface area contributed by atoms with Crippen molar-refractivity contribution in [3.63, 3.8) is 0 Å². The maximum atomic E-state index is 12.8. The number of carboxylic acid groups (broad SMARTS) is 1. The van der Waals surface area contributed by atoms with E-state index in [4.69, 9.17) is 13.9 Å². The Labute approximate surface area is 194 Å². The van der Waals surface area contributed by atoms with Gasteiger partial charge in [0.05, 0.1) is 20.3 Å². The zero-order valence-electron chi connectivity index (χ0n) is 18.8. The molecule has 11 nitrogen and oxygen atoms in total. The molecule has 2 aromatic heterocycles. The second-order valence-electron chi connectivity index (χ2n) is 7.71. The highest BCUT2D eigenvalue weighted by atomic mass is 16.5. The van der Waals surface area contributed by atoms with E-state index in [-0.39, 0.29) is 18.8 Å². The number of aliphatic hydroxyl groups excluding tert-OH is 1. The van der Waals surface area contributed by atoms with Crippen LogP contribution in [-0.2, 0) is 9.59 Å². The molecule has 0 saturated carbocycles. The van der Waals surface area contributed by atoms with E-state index < -0.39 is 24.0 Å². The number of methoxy groups -OCH3 is 2. The predicted molar refractivity (Wildman–Crippen MR) is 120 cm³/mol. The SMILES string of the molecule is COc1cccc(OC)c1-n1c(/C=C/C(=O)N2C[C@H](O)C[C@H]2C(=O)O)nnc1-c1ccc(C)o1. The van der Waals surface area contributed by atoms with E-state index in [0.717, 1.165) is 4.90 Å². The maximum absolute atomic E-state index is 12.8. The number of carboxylic acids is 1. The summed E-state index contributed by atoms with van der Waals surface area (Å²) in [6, 6.07) is 7.71. The van der Waals surface area contributed by atoms with Gasteiger partial charge < -0.3 is 29.0 Å². The molecule has 1 fully saturated rings. The number of carbonyl (C=O) groups is 2. The first-order chi connectivity index (χ1) is 16.3. The summed E-state index contributed by atoms with van der Waals surface area (Å²) in [6.07, 6.45) is 1.71. The molecule has 11 heteroatoms. The summed E-state index contributed by atoms with van der Waals surface area (Å²) >= 11 is 0. The summed E-state index contributed by atoms with van der Waals surface area (Å²) in [6.45, 7) is 1.74. The molecular weight excluding hydrogens is 444 g/mol. The highest BCUT2D eigenvalue weighted by Crippen LogP contribution is 2.36. The number of rotatable bonds is 7. The third-order valence-corrected chi connectivity index (χ3v) is 5.50. The number of β-amino-alcohol motifs (C(OH)–C–C–N with tert-alkyl or cyclic N) is 1. The van der Waals surface area contributed by atoms with Crippen LogP contribution in [0.4, 0.5) is 0 Å². The van der Waals surface area contributed by atoms with Crippen molar-refractivity contribution in [1.29, 1.82) is 0 Å². The minimum atomic E-state index is -1.17. The van der Waals surface area contributed by atoms with Gasteiger partial charge in [-0.25, -0.2) is 4.79 Å². The summed E-state index contributed by atoms with van der Waals surface area (Å²) in [7, 11) is 3.03. The zero-order valence-corrected chi connectivity index (χ0v) is 18.8. The first-order valence-corrected chi connectivity index (χ1v) is 10.5. The molecule has 3 heterocycles. The summed E-state index contributed by atoms with van der Waals surface area (Å²) < 4.78 is 18.5. The molecule has 1 aromatic carbocycles. The van der Waals surface area contributed by atoms with Crippen LogP contribution in [0.15, 0.2) is 40.8 Å². The Morgan fingerprint density at radius 1 is 1.15 bits per heavy atom. The highest BCUT2D eigenvalue weighted by Gasteiger charge is 2.38. The van der Waals surface area contributed by atoms with Crippen molar-refractivity contribution in [2.75, 3.05) is 20.8 Å². The molecule has 0 radical (unpaired) electrons. The van der Waals surface area contributed by atoms with Crippen LogP contribution in [0.5, 0.6) is 11.5 Å². The summed E-state index contributed by atoms with van der Waals surface area (Å²) in [4.78, 5) is 25.4. The fourth-order valence-corrected chi connectivity index (χ4v) is 3.92. The standard InChI is InChI=1S/C23H24N4O7/c1-13-7-8-18(34-13)22-25-24-19(27(22)21-16(32-2)5-4-6-17(21)33-3)9-10-20(29)26-12-14(28)11-15(26)23(30)31/h4-10,14-15,28H,11-12H2,1-3H3,(H,30,31)/b10-9+/t14-,15+/m1/s1. The molecular formula is C23H24N4O7. The number of likely N-dealkylation sites (tertiary alicyclic amines) is 1. The lowest BCUT2D eigenvalue weighted by Crippen LogP contribution is -2.39. The number of furan rings is 1. The first-order valence-electron chi connectivity index (χ1n) is 10.5. The molecule has 0 bridgehead atoms. The molecule has 34 heavy (non-hydrogen) atoms. The molecule has 4 rings (SSSR count). The molecule has 0 aliphatic carbocycles. The molecule has 2 N–H and O–H groups in total. The second kappa shape index (κ2) is 9.40. The van der Waals surface area contributed by atoms with Gasteiger partial charge in [-0.2, -0.15) is 0 Å². The third kappa shape index (κ3) is 4.25. The van der Waals surface area contributed by atoms with Crippen LogP contribution in [0, 0.1) is 6.92 Å². The number of hydrogen-bond donors (Lipinski definition) is 2. The van der Waals surface area contributed by atoms with Gasteiger partial charge in [0.2, 0.25) is 11.7 Å². The number of para-hydroxylation sites is 1. The number of nitrogens with zero attached hydrogens (tertiary/aromatic N) is 4. The van der Waals surface area contributed by atoms with Gasteiger partial charge in [-0.05, 0) is 37.3 Å². The van der Waals surface area contributed by atoms with Crippen LogP contribution >= 0.6 is 0 Å². The second-order valence-corrected chi connectivity index (χ2v) is 7.71. The van der Waals surface area contributed by atoms with E-state index in [2.05, 4.69) is 10.2 Å². The molecule has 1 saturated heterocycles. The molecule has 1 aliphatic heterocycles. The molecule has 0 spiro atoms. The Kier molecular flexibility index (Phi) is 6.37. The molecule has 178 valence electrons. The maximum Gasteiger partial charge on any atom is 0.326 e. The Bertz CT molecular complexity index is 1220. The number of aromatic nitrogens is 3. The molecule has 1 aliphatic rings. The van der Waals surface area contributed by atoms with Crippen LogP contribution < -0.4 is 9.47 Å². The smallest absolute Gasteiger partial charge is 0.326 e. The van der Waals surface area contributed by atoms with Crippen LogP contribution in [0.1, 0.15) is 18.0 Å². The monoisotopic (exact) mass is 468 g/mol. The molecule has 3 aromatic rings. The Morgan fingerprint density at radius 3 is 2.44 bits per heavy atom. The number of carbonyl (C=O) groups excluding carboxylic acids is 1. The largest absolute Gasteiger partial charge is 0.494 e. The Hall–Kier alpha value is -4.12. The number of amides is 1. The number of hydrogen-bond acceptors (Lipinski definition) is 8. The fraction of sp³-hybridized carbons (Fsp3) is 0.304.